The minimum Gasteiger partial charge on any atom is -0.300 e. The van der Waals surface area contributed by atoms with Crippen molar-refractivity contribution in [2.75, 3.05) is 0 Å². The van der Waals surface area contributed by atoms with Gasteiger partial charge in [-0.1, -0.05) is 25.7 Å². The molecule has 4 fully saturated rings. The van der Waals surface area contributed by atoms with E-state index in [0.29, 0.717) is 17.9 Å². The Hall–Kier alpha value is -0.370. The first-order valence-corrected chi connectivity index (χ1v) is 8.58. The van der Waals surface area contributed by atoms with Crippen LogP contribution < -0.4 is 0 Å². The molecule has 0 radical (unpaired) electrons. The molecule has 0 unspecified atom stereocenters. The Morgan fingerprint density at radius 3 is 1.95 bits per heavy atom. The van der Waals surface area contributed by atoms with Crippen molar-refractivity contribution < 1.29 is 4.79 Å². The van der Waals surface area contributed by atoms with Crippen molar-refractivity contribution >= 4 is 5.78 Å². The zero-order chi connectivity index (χ0) is 12.8. The van der Waals surface area contributed by atoms with Gasteiger partial charge in [-0.05, 0) is 43.9 Å². The lowest BCUT2D eigenvalue weighted by molar-refractivity contribution is -0.130. The Balaban J connectivity index is 1.53. The number of carbonyl (C=O) groups excluding carboxylic acids is 1. The quantitative estimate of drug-likeness (QED) is 0.719. The summed E-state index contributed by atoms with van der Waals surface area (Å²) in [6, 6.07) is 2.06. The second-order valence-corrected chi connectivity index (χ2v) is 7.66. The van der Waals surface area contributed by atoms with Gasteiger partial charge in [0.25, 0.3) is 0 Å². The summed E-state index contributed by atoms with van der Waals surface area (Å²) in [6.45, 7) is 0. The maximum Gasteiger partial charge on any atom is 0.136 e. The Labute approximate surface area is 116 Å². The summed E-state index contributed by atoms with van der Waals surface area (Å²) in [5.41, 5.74) is 0. The fraction of sp³-hybridized carbons (Fsp3) is 0.941. The maximum absolute atomic E-state index is 11.9. The van der Waals surface area contributed by atoms with Gasteiger partial charge in [0.05, 0.1) is 0 Å². The standard InChI is InChI=1S/C17H27NO/c19-17-10-14-5-2-6-15(11-17)18(14)16-8-12-3-1-4-13(7-12)9-16/h12-16H,1-11H2/t12-,13+,14-,15+,16-. The number of hydrogen-bond donors (Lipinski definition) is 0. The van der Waals surface area contributed by atoms with Crippen LogP contribution in [0.25, 0.3) is 0 Å². The van der Waals surface area contributed by atoms with E-state index in [4.69, 9.17) is 0 Å². The van der Waals surface area contributed by atoms with Crippen molar-refractivity contribution in [1.82, 2.24) is 4.90 Å². The molecule has 2 aliphatic heterocycles. The minimum atomic E-state index is 0.543. The average Bonchev–Trinajstić information content (AvgIpc) is 2.37. The Morgan fingerprint density at radius 1 is 0.737 bits per heavy atom. The zero-order valence-corrected chi connectivity index (χ0v) is 12.0. The average molecular weight is 261 g/mol. The van der Waals surface area contributed by atoms with Crippen molar-refractivity contribution in [1.29, 1.82) is 0 Å². The van der Waals surface area contributed by atoms with Gasteiger partial charge < -0.3 is 0 Å². The van der Waals surface area contributed by atoms with Gasteiger partial charge in [0, 0.05) is 31.0 Å². The molecule has 0 aromatic rings. The fourth-order valence-corrected chi connectivity index (χ4v) is 5.75. The van der Waals surface area contributed by atoms with Crippen molar-refractivity contribution in [3.05, 3.63) is 0 Å². The molecule has 5 atom stereocenters. The lowest BCUT2D eigenvalue weighted by atomic mass is 9.68. The maximum atomic E-state index is 11.9. The lowest BCUT2D eigenvalue weighted by Gasteiger charge is -2.53. The van der Waals surface area contributed by atoms with Crippen LogP contribution in [0.4, 0.5) is 0 Å². The third-order valence-corrected chi connectivity index (χ3v) is 6.37. The van der Waals surface area contributed by atoms with Crippen LogP contribution >= 0.6 is 0 Å². The smallest absolute Gasteiger partial charge is 0.136 e. The normalized spacial score (nSPS) is 47.2. The third-order valence-electron chi connectivity index (χ3n) is 6.37. The van der Waals surface area contributed by atoms with Crippen LogP contribution in [0, 0.1) is 11.8 Å². The molecule has 4 aliphatic rings. The van der Waals surface area contributed by atoms with Crippen LogP contribution in [0.2, 0.25) is 0 Å². The second-order valence-electron chi connectivity index (χ2n) is 7.66. The van der Waals surface area contributed by atoms with E-state index in [2.05, 4.69) is 4.90 Å². The van der Waals surface area contributed by atoms with Crippen molar-refractivity contribution in [2.24, 2.45) is 11.8 Å². The molecule has 2 heterocycles. The molecule has 0 N–H and O–H groups in total. The summed E-state index contributed by atoms with van der Waals surface area (Å²) >= 11 is 0. The van der Waals surface area contributed by atoms with E-state index < -0.39 is 0 Å². The summed E-state index contributed by atoms with van der Waals surface area (Å²) in [4.78, 5) is 14.7. The Bertz CT molecular complexity index is 338. The van der Waals surface area contributed by atoms with Gasteiger partial charge in [0.1, 0.15) is 5.78 Å². The van der Waals surface area contributed by atoms with Crippen molar-refractivity contribution in [3.63, 3.8) is 0 Å². The molecule has 0 spiro atoms. The summed E-state index contributed by atoms with van der Waals surface area (Å²) in [5.74, 6) is 2.56. The van der Waals surface area contributed by atoms with Crippen LogP contribution in [0.1, 0.15) is 70.6 Å². The Morgan fingerprint density at radius 2 is 1.32 bits per heavy atom. The van der Waals surface area contributed by atoms with E-state index in [-0.39, 0.29) is 0 Å². The predicted molar refractivity (Wildman–Crippen MR) is 76.0 cm³/mol. The molecular weight excluding hydrogens is 234 g/mol. The van der Waals surface area contributed by atoms with E-state index in [9.17, 15) is 4.79 Å². The van der Waals surface area contributed by atoms with Gasteiger partial charge in [-0.3, -0.25) is 9.69 Å². The van der Waals surface area contributed by atoms with Crippen molar-refractivity contribution in [3.8, 4) is 0 Å². The van der Waals surface area contributed by atoms with E-state index in [1.165, 1.54) is 57.8 Å². The summed E-state index contributed by atoms with van der Waals surface area (Å²) in [5, 5.41) is 0. The number of nitrogens with zero attached hydrogens (tertiary/aromatic N) is 1. The first kappa shape index (κ1) is 12.4. The highest BCUT2D eigenvalue weighted by Gasteiger charge is 2.44. The number of hydrogen-bond acceptors (Lipinski definition) is 2. The van der Waals surface area contributed by atoms with Gasteiger partial charge in [-0.2, -0.15) is 0 Å². The molecule has 2 saturated heterocycles. The number of rotatable bonds is 1. The first-order valence-electron chi connectivity index (χ1n) is 8.58. The fourth-order valence-electron chi connectivity index (χ4n) is 5.75. The molecule has 2 saturated carbocycles. The molecule has 4 rings (SSSR count). The minimum absolute atomic E-state index is 0.543. The first-order chi connectivity index (χ1) is 9.29. The van der Waals surface area contributed by atoms with Crippen LogP contribution in [-0.4, -0.2) is 28.8 Å². The highest BCUT2D eigenvalue weighted by molar-refractivity contribution is 5.80. The van der Waals surface area contributed by atoms with Gasteiger partial charge in [0.2, 0.25) is 0 Å². The second kappa shape index (κ2) is 4.87. The molecule has 4 bridgehead atoms. The number of Topliss-reactive ketones (excluding diaryl/α,β-unsaturated/α-hetero) is 1. The SMILES string of the molecule is O=C1C[C@H]2CCC[C@@H](C1)N2[C@@H]1C[C@@H]2CCC[C@@H](C2)C1. The number of ketones is 1. The monoisotopic (exact) mass is 261 g/mol. The highest BCUT2D eigenvalue weighted by atomic mass is 16.1. The topological polar surface area (TPSA) is 20.3 Å². The number of carbonyl (C=O) groups is 1. The highest BCUT2D eigenvalue weighted by Crippen LogP contribution is 2.45. The third kappa shape index (κ3) is 2.26. The van der Waals surface area contributed by atoms with Crippen LogP contribution in [-0.2, 0) is 4.79 Å². The van der Waals surface area contributed by atoms with E-state index in [1.807, 2.05) is 0 Å². The van der Waals surface area contributed by atoms with Gasteiger partial charge >= 0.3 is 0 Å². The molecule has 2 aliphatic carbocycles. The molecule has 2 heteroatoms. The van der Waals surface area contributed by atoms with E-state index in [1.54, 1.807) is 0 Å². The van der Waals surface area contributed by atoms with Crippen molar-refractivity contribution in [2.45, 2.75) is 88.8 Å². The molecular formula is C17H27NO. The molecule has 0 aromatic carbocycles. The molecule has 2 nitrogen and oxygen atoms in total. The summed E-state index contributed by atoms with van der Waals surface area (Å²) < 4.78 is 0. The number of piperidine rings is 2. The van der Waals surface area contributed by atoms with Crippen LogP contribution in [0.15, 0.2) is 0 Å². The van der Waals surface area contributed by atoms with E-state index >= 15 is 0 Å². The Kier molecular flexibility index (Phi) is 3.17. The lowest BCUT2D eigenvalue weighted by Crippen LogP contribution is -2.58. The van der Waals surface area contributed by atoms with Gasteiger partial charge in [0.15, 0.2) is 0 Å². The molecule has 0 amide bonds. The molecule has 19 heavy (non-hydrogen) atoms. The largest absolute Gasteiger partial charge is 0.300 e. The molecule has 106 valence electrons. The summed E-state index contributed by atoms with van der Waals surface area (Å²) in [6.07, 6.45) is 14.5. The predicted octanol–water partition coefficient (Wildman–Crippen LogP) is 3.54. The van der Waals surface area contributed by atoms with Gasteiger partial charge in [-0.15, -0.1) is 0 Å². The van der Waals surface area contributed by atoms with Gasteiger partial charge in [-0.25, -0.2) is 0 Å². The molecule has 0 aromatic heterocycles. The number of fused-ring (bicyclic) bond motifs is 4. The summed E-state index contributed by atoms with van der Waals surface area (Å²) in [7, 11) is 0. The van der Waals surface area contributed by atoms with Crippen LogP contribution in [0.5, 0.6) is 0 Å². The van der Waals surface area contributed by atoms with Crippen LogP contribution in [0.3, 0.4) is 0 Å². The van der Waals surface area contributed by atoms with E-state index in [0.717, 1.165) is 30.7 Å². The zero-order valence-electron chi connectivity index (χ0n) is 12.0.